The van der Waals surface area contributed by atoms with Crippen LogP contribution in [0, 0.1) is 6.92 Å². The highest BCUT2D eigenvalue weighted by atomic mass is 16.5. The molecule has 2 aliphatic rings. The van der Waals surface area contributed by atoms with Gasteiger partial charge >= 0.3 is 0 Å². The fourth-order valence-corrected chi connectivity index (χ4v) is 4.67. The number of methoxy groups -OCH3 is 1. The Kier molecular flexibility index (Phi) is 5.80. The molecule has 6 nitrogen and oxygen atoms in total. The summed E-state index contributed by atoms with van der Waals surface area (Å²) in [5.41, 5.74) is 4.42. The van der Waals surface area contributed by atoms with Gasteiger partial charge in [0.05, 0.1) is 24.1 Å². The normalized spacial score (nSPS) is 16.5. The number of aryl methyl sites for hydroxylation is 1. The minimum atomic E-state index is -0.276. The number of piperazine rings is 1. The third-order valence-corrected chi connectivity index (χ3v) is 6.44. The van der Waals surface area contributed by atoms with Crippen molar-refractivity contribution >= 4 is 28.8 Å². The molecule has 3 aromatic carbocycles. The van der Waals surface area contributed by atoms with Crippen LogP contribution in [-0.4, -0.2) is 50.0 Å². The van der Waals surface area contributed by atoms with Crippen LogP contribution in [0.3, 0.4) is 0 Å². The van der Waals surface area contributed by atoms with Crippen LogP contribution in [0.5, 0.6) is 5.75 Å². The van der Waals surface area contributed by atoms with Crippen LogP contribution in [0.25, 0.3) is 5.57 Å². The van der Waals surface area contributed by atoms with Crippen molar-refractivity contribution < 1.29 is 14.3 Å². The predicted molar refractivity (Wildman–Crippen MR) is 134 cm³/mol. The summed E-state index contributed by atoms with van der Waals surface area (Å²) >= 11 is 0. The molecule has 0 aliphatic carbocycles. The van der Waals surface area contributed by atoms with Crippen molar-refractivity contribution in [2.24, 2.45) is 0 Å². The second-order valence-electron chi connectivity index (χ2n) is 8.52. The van der Waals surface area contributed by atoms with E-state index in [0.717, 1.165) is 35.7 Å². The Hall–Kier alpha value is -4.06. The standard InChI is InChI=1S/C28H27N3O3/c1-20-12-14-22(15-13-20)31-27(32)25(21-8-4-3-5-9-21)26(28(31)33)30-18-16-29(17-19-30)23-10-6-7-11-24(23)34-2/h3-15H,16-19H2,1-2H3. The van der Waals surface area contributed by atoms with Crippen molar-refractivity contribution in [3.8, 4) is 5.75 Å². The fraction of sp³-hybridized carbons (Fsp3) is 0.214. The molecule has 6 heteroatoms. The zero-order valence-corrected chi connectivity index (χ0v) is 19.4. The summed E-state index contributed by atoms with van der Waals surface area (Å²) < 4.78 is 5.53. The zero-order valence-electron chi connectivity index (χ0n) is 19.4. The number of imide groups is 1. The lowest BCUT2D eigenvalue weighted by molar-refractivity contribution is -0.120. The van der Waals surface area contributed by atoms with Crippen molar-refractivity contribution in [2.45, 2.75) is 6.92 Å². The van der Waals surface area contributed by atoms with Crippen LogP contribution in [-0.2, 0) is 9.59 Å². The van der Waals surface area contributed by atoms with Crippen molar-refractivity contribution in [2.75, 3.05) is 43.1 Å². The molecule has 0 radical (unpaired) electrons. The highest BCUT2D eigenvalue weighted by Crippen LogP contribution is 2.36. The van der Waals surface area contributed by atoms with Gasteiger partial charge in [-0.25, -0.2) is 4.90 Å². The molecule has 0 aromatic heterocycles. The molecule has 172 valence electrons. The monoisotopic (exact) mass is 453 g/mol. The number of anilines is 2. The van der Waals surface area contributed by atoms with Gasteiger partial charge in [0.15, 0.2) is 0 Å². The maximum atomic E-state index is 13.7. The van der Waals surface area contributed by atoms with E-state index >= 15 is 0 Å². The van der Waals surface area contributed by atoms with E-state index in [1.54, 1.807) is 7.11 Å². The van der Waals surface area contributed by atoms with Crippen LogP contribution in [0.4, 0.5) is 11.4 Å². The van der Waals surface area contributed by atoms with Gasteiger partial charge in [-0.15, -0.1) is 0 Å². The lowest BCUT2D eigenvalue weighted by Crippen LogP contribution is -2.47. The molecular formula is C28H27N3O3. The number of hydrogen-bond donors (Lipinski definition) is 0. The molecule has 3 aromatic rings. The summed E-state index contributed by atoms with van der Waals surface area (Å²) in [6.45, 7) is 4.68. The summed E-state index contributed by atoms with van der Waals surface area (Å²) in [6.07, 6.45) is 0. The topological polar surface area (TPSA) is 53.1 Å². The lowest BCUT2D eigenvalue weighted by atomic mass is 10.0. The highest BCUT2D eigenvalue weighted by Gasteiger charge is 2.43. The molecular weight excluding hydrogens is 426 g/mol. The quantitative estimate of drug-likeness (QED) is 0.544. The molecule has 0 spiro atoms. The van der Waals surface area contributed by atoms with Crippen molar-refractivity contribution in [1.29, 1.82) is 0 Å². The lowest BCUT2D eigenvalue weighted by Gasteiger charge is -2.38. The van der Waals surface area contributed by atoms with Crippen molar-refractivity contribution in [3.05, 3.63) is 95.7 Å². The molecule has 0 N–H and O–H groups in total. The van der Waals surface area contributed by atoms with Crippen LogP contribution < -0.4 is 14.5 Å². The summed E-state index contributed by atoms with van der Waals surface area (Å²) in [5.74, 6) is 0.290. The average molecular weight is 454 g/mol. The Bertz CT molecular complexity index is 1240. The number of carbonyl (C=O) groups excluding carboxylic acids is 2. The number of amides is 2. The van der Waals surface area contributed by atoms with Gasteiger partial charge in [-0.05, 0) is 36.8 Å². The van der Waals surface area contributed by atoms with Gasteiger partial charge in [0.1, 0.15) is 11.4 Å². The summed E-state index contributed by atoms with van der Waals surface area (Å²) in [7, 11) is 1.68. The molecule has 2 amide bonds. The third kappa shape index (κ3) is 3.81. The third-order valence-electron chi connectivity index (χ3n) is 6.44. The minimum Gasteiger partial charge on any atom is -0.495 e. The molecule has 0 bridgehead atoms. The first kappa shape index (κ1) is 21.8. The van der Waals surface area contributed by atoms with Gasteiger partial charge in [-0.3, -0.25) is 9.59 Å². The second kappa shape index (κ2) is 9.06. The SMILES string of the molecule is COc1ccccc1N1CCN(C2=C(c3ccccc3)C(=O)N(c3ccc(C)cc3)C2=O)CC1. The number of para-hydroxylation sites is 2. The summed E-state index contributed by atoms with van der Waals surface area (Å²) in [5, 5.41) is 0. The van der Waals surface area contributed by atoms with Gasteiger partial charge < -0.3 is 14.5 Å². The van der Waals surface area contributed by atoms with Crippen LogP contribution in [0.2, 0.25) is 0 Å². The van der Waals surface area contributed by atoms with E-state index in [4.69, 9.17) is 4.74 Å². The fourth-order valence-electron chi connectivity index (χ4n) is 4.67. The van der Waals surface area contributed by atoms with E-state index in [0.29, 0.717) is 30.0 Å². The number of hydrogen-bond acceptors (Lipinski definition) is 5. The number of rotatable bonds is 5. The van der Waals surface area contributed by atoms with Gasteiger partial charge in [0, 0.05) is 26.2 Å². The summed E-state index contributed by atoms with van der Waals surface area (Å²) in [4.78, 5) is 33.0. The Morgan fingerprint density at radius 2 is 1.32 bits per heavy atom. The molecule has 34 heavy (non-hydrogen) atoms. The van der Waals surface area contributed by atoms with E-state index in [9.17, 15) is 9.59 Å². The smallest absolute Gasteiger partial charge is 0.282 e. The van der Waals surface area contributed by atoms with E-state index in [1.807, 2.05) is 85.8 Å². The molecule has 2 aliphatic heterocycles. The average Bonchev–Trinajstić information content (AvgIpc) is 3.15. The Morgan fingerprint density at radius 1 is 0.706 bits per heavy atom. The van der Waals surface area contributed by atoms with Gasteiger partial charge in [0.25, 0.3) is 11.8 Å². The van der Waals surface area contributed by atoms with Crippen molar-refractivity contribution in [1.82, 2.24) is 4.90 Å². The van der Waals surface area contributed by atoms with Gasteiger partial charge in [-0.1, -0.05) is 60.2 Å². The number of benzene rings is 3. The maximum Gasteiger partial charge on any atom is 0.282 e. The Labute approximate surface area is 199 Å². The second-order valence-corrected chi connectivity index (χ2v) is 8.52. The van der Waals surface area contributed by atoms with Crippen molar-refractivity contribution in [3.63, 3.8) is 0 Å². The molecule has 5 rings (SSSR count). The molecule has 0 unspecified atom stereocenters. The van der Waals surface area contributed by atoms with Gasteiger partial charge in [-0.2, -0.15) is 0 Å². The molecule has 0 atom stereocenters. The first-order valence-corrected chi connectivity index (χ1v) is 11.5. The van der Waals surface area contributed by atoms with Crippen LogP contribution in [0.1, 0.15) is 11.1 Å². The first-order chi connectivity index (χ1) is 16.6. The van der Waals surface area contributed by atoms with Gasteiger partial charge in [0.2, 0.25) is 0 Å². The zero-order chi connectivity index (χ0) is 23.7. The van der Waals surface area contributed by atoms with E-state index in [1.165, 1.54) is 4.90 Å². The first-order valence-electron chi connectivity index (χ1n) is 11.5. The van der Waals surface area contributed by atoms with E-state index < -0.39 is 0 Å². The number of carbonyl (C=O) groups is 2. The van der Waals surface area contributed by atoms with Crippen LogP contribution >= 0.6 is 0 Å². The van der Waals surface area contributed by atoms with Crippen LogP contribution in [0.15, 0.2) is 84.6 Å². The highest BCUT2D eigenvalue weighted by molar-refractivity contribution is 6.45. The Balaban J connectivity index is 1.47. The van der Waals surface area contributed by atoms with E-state index in [-0.39, 0.29) is 11.8 Å². The molecule has 1 saturated heterocycles. The maximum absolute atomic E-state index is 13.7. The number of nitrogens with zero attached hydrogens (tertiary/aromatic N) is 3. The summed E-state index contributed by atoms with van der Waals surface area (Å²) in [6, 6.07) is 24.9. The predicted octanol–water partition coefficient (Wildman–Crippen LogP) is 4.11. The minimum absolute atomic E-state index is 0.265. The Morgan fingerprint density at radius 3 is 2.00 bits per heavy atom. The molecule has 1 fully saturated rings. The van der Waals surface area contributed by atoms with E-state index in [2.05, 4.69) is 9.80 Å². The molecule has 0 saturated carbocycles. The molecule has 2 heterocycles. The number of ether oxygens (including phenoxy) is 1. The largest absolute Gasteiger partial charge is 0.495 e.